The Balaban J connectivity index is 1.37. The number of benzene rings is 2. The molecule has 2 atom stereocenters. The van der Waals surface area contributed by atoms with E-state index >= 15 is 0 Å². The summed E-state index contributed by atoms with van der Waals surface area (Å²) in [6, 6.07) is 18.6. The van der Waals surface area contributed by atoms with Crippen LogP contribution in [-0.2, 0) is 17.6 Å². The van der Waals surface area contributed by atoms with Crippen molar-refractivity contribution in [2.45, 2.75) is 77.4 Å². The molecule has 4 nitrogen and oxygen atoms in total. The fourth-order valence-electron chi connectivity index (χ4n) is 6.33. The summed E-state index contributed by atoms with van der Waals surface area (Å²) < 4.78 is 6.29. The van der Waals surface area contributed by atoms with Crippen molar-refractivity contribution in [3.63, 3.8) is 0 Å². The van der Waals surface area contributed by atoms with Crippen molar-refractivity contribution < 1.29 is 9.84 Å². The molecule has 0 radical (unpaired) electrons. The monoisotopic (exact) mass is 558 g/mol. The van der Waals surface area contributed by atoms with Crippen molar-refractivity contribution in [2.24, 2.45) is 5.92 Å². The van der Waals surface area contributed by atoms with E-state index in [1.807, 2.05) is 36.5 Å². The first-order valence-electron chi connectivity index (χ1n) is 14.8. The van der Waals surface area contributed by atoms with Gasteiger partial charge in [0.05, 0.1) is 11.3 Å². The molecule has 5 heteroatoms. The lowest BCUT2D eigenvalue weighted by Crippen LogP contribution is -2.49. The first-order chi connectivity index (χ1) is 19.2. The highest BCUT2D eigenvalue weighted by Crippen LogP contribution is 2.41. The zero-order chi connectivity index (χ0) is 28.3. The number of halogens is 1. The van der Waals surface area contributed by atoms with E-state index < -0.39 is 5.60 Å². The Morgan fingerprint density at radius 1 is 1.15 bits per heavy atom. The smallest absolute Gasteiger partial charge is 0.131 e. The lowest BCUT2D eigenvalue weighted by Gasteiger charge is -2.43. The maximum Gasteiger partial charge on any atom is 0.131 e. The summed E-state index contributed by atoms with van der Waals surface area (Å²) in [6.45, 7) is 12.3. The van der Waals surface area contributed by atoms with Gasteiger partial charge in [0.1, 0.15) is 12.4 Å². The van der Waals surface area contributed by atoms with Crippen molar-refractivity contribution >= 4 is 17.2 Å². The molecule has 2 aliphatic heterocycles. The molecule has 3 aromatic rings. The Bertz CT molecular complexity index is 1350. The van der Waals surface area contributed by atoms with Gasteiger partial charge in [0.15, 0.2) is 0 Å². The summed E-state index contributed by atoms with van der Waals surface area (Å²) in [5, 5.41) is 12.2. The van der Waals surface area contributed by atoms with Crippen LogP contribution in [-0.4, -0.2) is 34.6 Å². The second-order valence-corrected chi connectivity index (χ2v) is 12.7. The minimum absolute atomic E-state index is 0.102. The van der Waals surface area contributed by atoms with Gasteiger partial charge in [-0.05, 0) is 71.7 Å². The molecule has 1 fully saturated rings. The van der Waals surface area contributed by atoms with Gasteiger partial charge in [-0.2, -0.15) is 0 Å². The second-order valence-electron chi connectivity index (χ2n) is 12.3. The summed E-state index contributed by atoms with van der Waals surface area (Å²) >= 11 is 6.09. The fraction of sp³-hybridized carbons (Fsp3) is 0.457. The molecule has 1 aromatic heterocycles. The Labute approximate surface area is 245 Å². The first-order valence-corrected chi connectivity index (χ1v) is 15.2. The Morgan fingerprint density at radius 2 is 1.95 bits per heavy atom. The Kier molecular flexibility index (Phi) is 8.70. The van der Waals surface area contributed by atoms with Crippen molar-refractivity contribution in [1.82, 2.24) is 9.88 Å². The molecule has 5 rings (SSSR count). The standard InChI is InChI=1S/C35H43ClN2O2/c1-5-6-17-34(3,4)27-13-16-33-31(22-27)29(30-9-7-19-37-32(30)24-40-33)10-8-20-38-21-18-35(39,25(2)23-38)26-11-14-28(36)15-12-26/h7,9-16,19,22,25,39H,5-6,8,17-18,20-21,23-24H2,1-4H3/b29-10+. The number of hydrogen-bond acceptors (Lipinski definition) is 4. The van der Waals surface area contributed by atoms with Crippen molar-refractivity contribution in [3.05, 3.63) is 99.8 Å². The number of pyridine rings is 1. The largest absolute Gasteiger partial charge is 0.487 e. The van der Waals surface area contributed by atoms with Crippen LogP contribution in [0.1, 0.15) is 87.7 Å². The van der Waals surface area contributed by atoms with Gasteiger partial charge in [-0.1, -0.05) is 82.5 Å². The summed E-state index contributed by atoms with van der Waals surface area (Å²) in [5.41, 5.74) is 6.12. The van der Waals surface area contributed by atoms with Crippen LogP contribution >= 0.6 is 11.6 Å². The highest BCUT2D eigenvalue weighted by atomic mass is 35.5. The fourth-order valence-corrected chi connectivity index (χ4v) is 6.45. The maximum atomic E-state index is 11.5. The highest BCUT2D eigenvalue weighted by molar-refractivity contribution is 6.30. The third-order valence-corrected chi connectivity index (χ3v) is 9.30. The summed E-state index contributed by atoms with van der Waals surface area (Å²) in [7, 11) is 0. The van der Waals surface area contributed by atoms with Gasteiger partial charge >= 0.3 is 0 Å². The van der Waals surface area contributed by atoms with Crippen molar-refractivity contribution in [2.75, 3.05) is 19.6 Å². The molecule has 40 heavy (non-hydrogen) atoms. The molecule has 0 saturated carbocycles. The zero-order valence-electron chi connectivity index (χ0n) is 24.4. The average Bonchev–Trinajstić information content (AvgIpc) is 3.11. The Hall–Kier alpha value is -2.66. The lowest BCUT2D eigenvalue weighted by atomic mass is 9.77. The van der Waals surface area contributed by atoms with Crippen LogP contribution < -0.4 is 4.74 Å². The van der Waals surface area contributed by atoms with Crippen LogP contribution in [0.5, 0.6) is 5.75 Å². The molecule has 2 aromatic carbocycles. The molecule has 3 heterocycles. The van der Waals surface area contributed by atoms with Gasteiger partial charge in [0.2, 0.25) is 0 Å². The number of likely N-dealkylation sites (tertiary alicyclic amines) is 1. The molecule has 0 spiro atoms. The van der Waals surface area contributed by atoms with Gasteiger partial charge in [0.25, 0.3) is 0 Å². The molecular formula is C35H43ClN2O2. The van der Waals surface area contributed by atoms with E-state index in [1.54, 1.807) is 0 Å². The van der Waals surface area contributed by atoms with Gasteiger partial charge in [-0.3, -0.25) is 4.98 Å². The number of unbranched alkanes of at least 4 members (excludes halogenated alkanes) is 1. The highest BCUT2D eigenvalue weighted by Gasteiger charge is 2.40. The second kappa shape index (κ2) is 12.1. The number of fused-ring (bicyclic) bond motifs is 2. The van der Waals surface area contributed by atoms with E-state index in [2.05, 4.69) is 67.9 Å². The van der Waals surface area contributed by atoms with Crippen LogP contribution in [0, 0.1) is 5.92 Å². The maximum absolute atomic E-state index is 11.5. The predicted octanol–water partition coefficient (Wildman–Crippen LogP) is 8.15. The number of hydrogen-bond donors (Lipinski definition) is 1. The van der Waals surface area contributed by atoms with Crippen LogP contribution in [0.4, 0.5) is 0 Å². The minimum atomic E-state index is -0.817. The van der Waals surface area contributed by atoms with Crippen LogP contribution in [0.3, 0.4) is 0 Å². The van der Waals surface area contributed by atoms with Crippen LogP contribution in [0.2, 0.25) is 5.02 Å². The minimum Gasteiger partial charge on any atom is -0.487 e. The molecular weight excluding hydrogens is 516 g/mol. The predicted molar refractivity (Wildman–Crippen MR) is 165 cm³/mol. The van der Waals surface area contributed by atoms with Crippen LogP contribution in [0.15, 0.2) is 66.9 Å². The van der Waals surface area contributed by atoms with E-state index in [0.717, 1.165) is 60.6 Å². The number of nitrogens with zero attached hydrogens (tertiary/aromatic N) is 2. The molecule has 212 valence electrons. The van der Waals surface area contributed by atoms with E-state index in [0.29, 0.717) is 18.1 Å². The molecule has 0 bridgehead atoms. The summed E-state index contributed by atoms with van der Waals surface area (Å²) in [4.78, 5) is 7.15. The van der Waals surface area contributed by atoms with E-state index in [1.165, 1.54) is 24.0 Å². The van der Waals surface area contributed by atoms with Gasteiger partial charge in [-0.25, -0.2) is 0 Å². The molecule has 0 amide bonds. The van der Waals surface area contributed by atoms with E-state index in [4.69, 9.17) is 16.3 Å². The number of aliphatic hydroxyl groups is 1. The molecule has 2 aliphatic rings. The molecule has 0 aliphatic carbocycles. The molecule has 2 unspecified atom stereocenters. The van der Waals surface area contributed by atoms with Crippen molar-refractivity contribution in [3.8, 4) is 5.75 Å². The Morgan fingerprint density at radius 3 is 2.70 bits per heavy atom. The molecule has 1 N–H and O–H groups in total. The van der Waals surface area contributed by atoms with E-state index in [9.17, 15) is 5.11 Å². The van der Waals surface area contributed by atoms with Gasteiger partial charge in [0, 0.05) is 47.9 Å². The van der Waals surface area contributed by atoms with Gasteiger partial charge in [-0.15, -0.1) is 0 Å². The van der Waals surface area contributed by atoms with E-state index in [-0.39, 0.29) is 11.3 Å². The topological polar surface area (TPSA) is 45.6 Å². The normalized spacial score (nSPS) is 22.4. The number of ether oxygens (including phenoxy) is 1. The zero-order valence-corrected chi connectivity index (χ0v) is 25.2. The summed E-state index contributed by atoms with van der Waals surface area (Å²) in [6.07, 6.45) is 9.44. The number of rotatable bonds is 8. The van der Waals surface area contributed by atoms with Gasteiger partial charge < -0.3 is 14.7 Å². The lowest BCUT2D eigenvalue weighted by molar-refractivity contribution is -0.0706. The first kappa shape index (κ1) is 28.9. The number of piperidine rings is 1. The van der Waals surface area contributed by atoms with Crippen LogP contribution in [0.25, 0.3) is 5.57 Å². The summed E-state index contributed by atoms with van der Waals surface area (Å²) in [5.74, 6) is 1.05. The number of aromatic nitrogens is 1. The average molecular weight is 559 g/mol. The molecule has 1 saturated heterocycles. The SMILES string of the molecule is CCCCC(C)(C)c1ccc2c(c1)/C(=C/CCN1CCC(O)(c3ccc(Cl)cc3)C(C)C1)c1cccnc1CO2. The van der Waals surface area contributed by atoms with Crippen molar-refractivity contribution in [1.29, 1.82) is 0 Å². The quantitative estimate of drug-likeness (QED) is 0.303. The third kappa shape index (κ3) is 6.00. The third-order valence-electron chi connectivity index (χ3n) is 9.05.